The zero-order chi connectivity index (χ0) is 26.8. The van der Waals surface area contributed by atoms with Crippen LogP contribution >= 0.6 is 0 Å². The molecular weight excluding hydrogens is 480 g/mol. The Bertz CT molecular complexity index is 1460. The van der Waals surface area contributed by atoms with Crippen molar-refractivity contribution in [3.63, 3.8) is 0 Å². The van der Waals surface area contributed by atoms with Crippen LogP contribution in [0.3, 0.4) is 0 Å². The number of Topliss-reactive ketones (excluding diaryl/α,β-unsaturated/α-hetero) is 1. The summed E-state index contributed by atoms with van der Waals surface area (Å²) < 4.78 is 5.39. The molecule has 1 saturated heterocycles. The highest BCUT2D eigenvalue weighted by Gasteiger charge is 2.61. The van der Waals surface area contributed by atoms with Crippen molar-refractivity contribution >= 4 is 40.2 Å². The molecule has 2 heterocycles. The summed E-state index contributed by atoms with van der Waals surface area (Å²) in [5.74, 6) is -0.550. The fourth-order valence-corrected chi connectivity index (χ4v) is 6.36. The lowest BCUT2D eigenvalue weighted by molar-refractivity contribution is -0.129. The molecule has 7 heteroatoms. The van der Waals surface area contributed by atoms with E-state index in [1.807, 2.05) is 30.3 Å². The number of aromatic nitrogens is 1. The van der Waals surface area contributed by atoms with E-state index in [4.69, 9.17) is 9.72 Å². The van der Waals surface area contributed by atoms with Gasteiger partial charge in [0.1, 0.15) is 0 Å². The molecule has 0 N–H and O–H groups in total. The average Bonchev–Trinajstić information content (AvgIpc) is 3.59. The smallest absolute Gasteiger partial charge is 0.339 e. The molecule has 4 atom stereocenters. The molecular formula is C31H30N2O5. The molecule has 194 valence electrons. The normalized spacial score (nSPS) is 24.2. The fourth-order valence-electron chi connectivity index (χ4n) is 6.36. The standard InChI is InChI=1S/C31H30N2O5/c1-31(2,3)25(34)16-38-30(37)22-15-24(32-23-7-5-4-6-21(22)23)17-10-12-20(13-11-17)33-28(35)26-18-8-9-19(14-18)27(26)29(33)36/h4-7,10-13,15,18-19,26-27H,8-9,14,16H2,1-3H3/t18-,19-,26-,27+/m0/s1. The van der Waals surface area contributed by atoms with Crippen molar-refractivity contribution in [2.45, 2.75) is 40.0 Å². The maximum absolute atomic E-state index is 13.2. The number of ketones is 1. The number of fused-ring (bicyclic) bond motifs is 6. The lowest BCUT2D eigenvalue weighted by atomic mass is 9.81. The third-order valence-corrected chi connectivity index (χ3v) is 8.46. The quantitative estimate of drug-likeness (QED) is 0.346. The van der Waals surface area contributed by atoms with Gasteiger partial charge in [0.2, 0.25) is 11.8 Å². The predicted molar refractivity (Wildman–Crippen MR) is 142 cm³/mol. The lowest BCUT2D eigenvalue weighted by Crippen LogP contribution is -2.32. The second-order valence-corrected chi connectivity index (χ2v) is 11.8. The Labute approximate surface area is 221 Å². The molecule has 1 aliphatic heterocycles. The van der Waals surface area contributed by atoms with E-state index < -0.39 is 11.4 Å². The molecule has 1 aromatic heterocycles. The van der Waals surface area contributed by atoms with Crippen LogP contribution < -0.4 is 4.90 Å². The molecule has 2 aliphatic carbocycles. The molecule has 38 heavy (non-hydrogen) atoms. The van der Waals surface area contributed by atoms with Crippen LogP contribution in [0, 0.1) is 29.1 Å². The first-order chi connectivity index (χ1) is 18.1. The summed E-state index contributed by atoms with van der Waals surface area (Å²) in [4.78, 5) is 57.8. The zero-order valence-corrected chi connectivity index (χ0v) is 21.8. The first kappa shape index (κ1) is 24.5. The van der Waals surface area contributed by atoms with E-state index in [1.165, 1.54) is 4.90 Å². The Kier molecular flexibility index (Phi) is 5.70. The Morgan fingerprint density at radius 3 is 2.21 bits per heavy atom. The molecule has 0 radical (unpaired) electrons. The van der Waals surface area contributed by atoms with Gasteiger partial charge in [-0.15, -0.1) is 0 Å². The molecule has 2 saturated carbocycles. The van der Waals surface area contributed by atoms with E-state index in [1.54, 1.807) is 45.0 Å². The third kappa shape index (κ3) is 3.92. The number of para-hydroxylation sites is 1. The molecule has 3 fully saturated rings. The van der Waals surface area contributed by atoms with Crippen LogP contribution in [-0.4, -0.2) is 35.2 Å². The first-order valence-corrected chi connectivity index (χ1v) is 13.2. The second-order valence-electron chi connectivity index (χ2n) is 11.8. The van der Waals surface area contributed by atoms with Gasteiger partial charge in [0.25, 0.3) is 0 Å². The maximum atomic E-state index is 13.2. The third-order valence-electron chi connectivity index (χ3n) is 8.46. The van der Waals surface area contributed by atoms with E-state index in [9.17, 15) is 19.2 Å². The number of hydrogen-bond acceptors (Lipinski definition) is 6. The summed E-state index contributed by atoms with van der Waals surface area (Å²) in [6.45, 7) is 5.05. The summed E-state index contributed by atoms with van der Waals surface area (Å²) in [7, 11) is 0. The van der Waals surface area contributed by atoms with Crippen molar-refractivity contribution in [2.75, 3.05) is 11.5 Å². The maximum Gasteiger partial charge on any atom is 0.339 e. The summed E-state index contributed by atoms with van der Waals surface area (Å²) in [5, 5.41) is 0.635. The predicted octanol–water partition coefficient (Wildman–Crippen LogP) is 5.21. The fraction of sp³-hybridized carbons (Fsp3) is 0.387. The minimum atomic E-state index is -0.607. The van der Waals surface area contributed by atoms with Crippen LogP contribution in [0.25, 0.3) is 22.2 Å². The summed E-state index contributed by atoms with van der Waals surface area (Å²) >= 11 is 0. The van der Waals surface area contributed by atoms with Crippen molar-refractivity contribution in [1.29, 1.82) is 0 Å². The number of benzene rings is 2. The van der Waals surface area contributed by atoms with Gasteiger partial charge in [-0.3, -0.25) is 19.3 Å². The van der Waals surface area contributed by atoms with Crippen molar-refractivity contribution in [2.24, 2.45) is 29.1 Å². The molecule has 2 aromatic carbocycles. The van der Waals surface area contributed by atoms with Crippen molar-refractivity contribution in [3.05, 3.63) is 60.2 Å². The van der Waals surface area contributed by atoms with Gasteiger partial charge in [0.05, 0.1) is 34.3 Å². The molecule has 7 nitrogen and oxygen atoms in total. The summed E-state index contributed by atoms with van der Waals surface area (Å²) in [5.41, 5.74) is 2.20. The Morgan fingerprint density at radius 2 is 1.58 bits per heavy atom. The molecule has 3 aliphatic rings. The van der Waals surface area contributed by atoms with Crippen LogP contribution in [0.1, 0.15) is 50.4 Å². The van der Waals surface area contributed by atoms with Gasteiger partial charge in [-0.2, -0.15) is 0 Å². The molecule has 2 amide bonds. The van der Waals surface area contributed by atoms with Gasteiger partial charge in [0, 0.05) is 16.4 Å². The largest absolute Gasteiger partial charge is 0.454 e. The average molecular weight is 511 g/mol. The number of esters is 1. The number of pyridine rings is 1. The van der Waals surface area contributed by atoms with E-state index in [0.717, 1.165) is 24.8 Å². The van der Waals surface area contributed by atoms with Gasteiger partial charge in [-0.25, -0.2) is 9.78 Å². The van der Waals surface area contributed by atoms with Crippen LogP contribution in [-0.2, 0) is 19.1 Å². The minimum absolute atomic E-state index is 0.0707. The van der Waals surface area contributed by atoms with Gasteiger partial charge >= 0.3 is 5.97 Å². The Balaban J connectivity index is 1.29. The van der Waals surface area contributed by atoms with Crippen LogP contribution in [0.2, 0.25) is 0 Å². The number of ether oxygens (including phenoxy) is 1. The number of nitrogens with zero attached hydrogens (tertiary/aromatic N) is 2. The highest BCUT2D eigenvalue weighted by atomic mass is 16.5. The van der Waals surface area contributed by atoms with E-state index >= 15 is 0 Å². The van der Waals surface area contributed by atoms with Gasteiger partial charge in [-0.1, -0.05) is 51.1 Å². The highest BCUT2D eigenvalue weighted by molar-refractivity contribution is 6.22. The van der Waals surface area contributed by atoms with Crippen molar-refractivity contribution in [3.8, 4) is 11.3 Å². The van der Waals surface area contributed by atoms with Gasteiger partial charge in [-0.05, 0) is 55.4 Å². The number of imide groups is 1. The topological polar surface area (TPSA) is 93.6 Å². The number of carbonyl (C=O) groups is 4. The van der Waals surface area contributed by atoms with E-state index in [2.05, 4.69) is 0 Å². The SMILES string of the molecule is CC(C)(C)C(=O)COC(=O)c1cc(-c2ccc(N3C(=O)[C@@H]4[C@H]5CC[C@@H](C5)[C@@H]4C3=O)cc2)nc2ccccc12. The monoisotopic (exact) mass is 510 g/mol. The number of anilines is 1. The molecule has 6 rings (SSSR count). The zero-order valence-electron chi connectivity index (χ0n) is 21.8. The Hall–Kier alpha value is -3.87. The van der Waals surface area contributed by atoms with Crippen molar-refractivity contribution < 1.29 is 23.9 Å². The molecule has 0 unspecified atom stereocenters. The number of hydrogen-bond donors (Lipinski definition) is 0. The number of amides is 2. The minimum Gasteiger partial charge on any atom is -0.454 e. The lowest BCUT2D eigenvalue weighted by Gasteiger charge is -2.19. The first-order valence-electron chi connectivity index (χ1n) is 13.2. The van der Waals surface area contributed by atoms with Gasteiger partial charge < -0.3 is 4.74 Å². The van der Waals surface area contributed by atoms with E-state index in [-0.39, 0.29) is 36.0 Å². The van der Waals surface area contributed by atoms with Crippen molar-refractivity contribution in [1.82, 2.24) is 4.98 Å². The van der Waals surface area contributed by atoms with Crippen LogP contribution in [0.15, 0.2) is 54.6 Å². The van der Waals surface area contributed by atoms with Gasteiger partial charge in [0.15, 0.2) is 12.4 Å². The summed E-state index contributed by atoms with van der Waals surface area (Å²) in [6.07, 6.45) is 3.09. The number of rotatable bonds is 5. The molecule has 3 aromatic rings. The second kappa shape index (κ2) is 8.86. The van der Waals surface area contributed by atoms with Crippen LogP contribution in [0.5, 0.6) is 0 Å². The summed E-state index contributed by atoms with van der Waals surface area (Å²) in [6, 6.07) is 16.1. The Morgan fingerprint density at radius 1 is 0.947 bits per heavy atom. The number of carbonyl (C=O) groups excluding carboxylic acids is 4. The van der Waals surface area contributed by atoms with E-state index in [0.29, 0.717) is 39.7 Å². The highest BCUT2D eigenvalue weighted by Crippen LogP contribution is 2.56. The molecule has 0 spiro atoms. The molecule has 2 bridgehead atoms. The van der Waals surface area contributed by atoms with Crippen LogP contribution in [0.4, 0.5) is 5.69 Å².